The van der Waals surface area contributed by atoms with Crippen LogP contribution < -0.4 is 5.32 Å². The number of aromatic nitrogens is 3. The van der Waals surface area contributed by atoms with Crippen molar-refractivity contribution in [1.29, 1.82) is 0 Å². The van der Waals surface area contributed by atoms with Gasteiger partial charge in [0.25, 0.3) is 0 Å². The zero-order valence-corrected chi connectivity index (χ0v) is 13.9. The third-order valence-corrected chi connectivity index (χ3v) is 4.21. The van der Waals surface area contributed by atoms with Crippen molar-refractivity contribution >= 4 is 5.91 Å². The summed E-state index contributed by atoms with van der Waals surface area (Å²) in [4.78, 5) is 18.4. The molecule has 1 aliphatic heterocycles. The first-order valence-corrected chi connectivity index (χ1v) is 8.22. The number of hydrogen-bond donors (Lipinski definition) is 1. The van der Waals surface area contributed by atoms with Gasteiger partial charge in [0.1, 0.15) is 18.7 Å². The molecular formula is C17H23N5O2. The quantitative estimate of drug-likeness (QED) is 0.855. The third-order valence-electron chi connectivity index (χ3n) is 4.21. The molecule has 0 radical (unpaired) electrons. The second kappa shape index (κ2) is 8.03. The molecule has 24 heavy (non-hydrogen) atoms. The highest BCUT2D eigenvalue weighted by molar-refractivity contribution is 5.79. The zero-order chi connectivity index (χ0) is 16.8. The number of morpholine rings is 1. The molecule has 1 aromatic carbocycles. The van der Waals surface area contributed by atoms with E-state index < -0.39 is 0 Å². The Morgan fingerprint density at radius 2 is 1.96 bits per heavy atom. The van der Waals surface area contributed by atoms with Crippen LogP contribution in [0.5, 0.6) is 0 Å². The highest BCUT2D eigenvalue weighted by Crippen LogP contribution is 2.10. The lowest BCUT2D eigenvalue weighted by atomic mass is 10.1. The van der Waals surface area contributed by atoms with Gasteiger partial charge in [-0.3, -0.25) is 9.69 Å². The minimum absolute atomic E-state index is 0.0714. The van der Waals surface area contributed by atoms with E-state index in [1.165, 1.54) is 11.9 Å². The SMILES string of the molecule is CC(C(=O)NCc1ccc(CN2CCOCC2)cc1)n1cncn1. The molecule has 1 aromatic heterocycles. The minimum Gasteiger partial charge on any atom is -0.379 e. The summed E-state index contributed by atoms with van der Waals surface area (Å²) >= 11 is 0. The fraction of sp³-hybridized carbons (Fsp3) is 0.471. The van der Waals surface area contributed by atoms with Gasteiger partial charge in [-0.1, -0.05) is 24.3 Å². The molecule has 0 spiro atoms. The van der Waals surface area contributed by atoms with Gasteiger partial charge in [0, 0.05) is 26.2 Å². The van der Waals surface area contributed by atoms with Crippen molar-refractivity contribution in [3.05, 3.63) is 48.0 Å². The van der Waals surface area contributed by atoms with E-state index in [1.54, 1.807) is 17.9 Å². The molecule has 1 saturated heterocycles. The molecule has 0 aliphatic carbocycles. The van der Waals surface area contributed by atoms with Crippen LogP contribution >= 0.6 is 0 Å². The van der Waals surface area contributed by atoms with Crippen LogP contribution in [-0.4, -0.2) is 51.9 Å². The molecule has 1 amide bonds. The average molecular weight is 329 g/mol. The Kier molecular flexibility index (Phi) is 5.55. The lowest BCUT2D eigenvalue weighted by molar-refractivity contribution is -0.124. The monoisotopic (exact) mass is 329 g/mol. The molecule has 7 heteroatoms. The van der Waals surface area contributed by atoms with Crippen molar-refractivity contribution in [1.82, 2.24) is 25.0 Å². The predicted octanol–water partition coefficient (Wildman–Crippen LogP) is 0.988. The van der Waals surface area contributed by atoms with Gasteiger partial charge in [-0.15, -0.1) is 0 Å². The number of ether oxygens (including phenoxy) is 1. The van der Waals surface area contributed by atoms with E-state index in [2.05, 4.69) is 44.6 Å². The Hall–Kier alpha value is -2.25. The van der Waals surface area contributed by atoms with Crippen LogP contribution in [-0.2, 0) is 22.6 Å². The summed E-state index contributed by atoms with van der Waals surface area (Å²) in [6.45, 7) is 6.85. The maximum absolute atomic E-state index is 12.1. The van der Waals surface area contributed by atoms with E-state index in [0.717, 1.165) is 38.4 Å². The van der Waals surface area contributed by atoms with Crippen LogP contribution in [0.2, 0.25) is 0 Å². The Labute approximate surface area is 141 Å². The average Bonchev–Trinajstić information content (AvgIpc) is 3.16. The van der Waals surface area contributed by atoms with Crippen molar-refractivity contribution in [2.75, 3.05) is 26.3 Å². The van der Waals surface area contributed by atoms with E-state index in [1.807, 2.05) is 0 Å². The van der Waals surface area contributed by atoms with Gasteiger partial charge >= 0.3 is 0 Å². The maximum atomic E-state index is 12.1. The summed E-state index contributed by atoms with van der Waals surface area (Å²) in [6, 6.07) is 8.01. The second-order valence-corrected chi connectivity index (χ2v) is 5.97. The van der Waals surface area contributed by atoms with Gasteiger partial charge in [0.05, 0.1) is 13.2 Å². The van der Waals surface area contributed by atoms with Crippen molar-refractivity contribution in [2.45, 2.75) is 26.1 Å². The second-order valence-electron chi connectivity index (χ2n) is 5.97. The fourth-order valence-electron chi connectivity index (χ4n) is 2.65. The zero-order valence-electron chi connectivity index (χ0n) is 13.9. The minimum atomic E-state index is -0.368. The number of amides is 1. The molecule has 3 rings (SSSR count). The van der Waals surface area contributed by atoms with E-state index in [9.17, 15) is 4.79 Å². The number of carbonyl (C=O) groups excluding carboxylic acids is 1. The lowest BCUT2D eigenvalue weighted by Gasteiger charge is -2.26. The van der Waals surface area contributed by atoms with Crippen molar-refractivity contribution in [2.24, 2.45) is 0 Å². The molecule has 7 nitrogen and oxygen atoms in total. The smallest absolute Gasteiger partial charge is 0.244 e. The van der Waals surface area contributed by atoms with Crippen molar-refractivity contribution in [3.63, 3.8) is 0 Å². The molecule has 2 heterocycles. The predicted molar refractivity (Wildman–Crippen MR) is 89.1 cm³/mol. The fourth-order valence-corrected chi connectivity index (χ4v) is 2.65. The van der Waals surface area contributed by atoms with Crippen LogP contribution in [0.15, 0.2) is 36.9 Å². The lowest BCUT2D eigenvalue weighted by Crippen LogP contribution is -2.35. The van der Waals surface area contributed by atoms with Gasteiger partial charge in [0.2, 0.25) is 5.91 Å². The molecule has 1 N–H and O–H groups in total. The highest BCUT2D eigenvalue weighted by Gasteiger charge is 2.15. The van der Waals surface area contributed by atoms with E-state index in [0.29, 0.717) is 6.54 Å². The van der Waals surface area contributed by atoms with E-state index in [4.69, 9.17) is 4.74 Å². The van der Waals surface area contributed by atoms with E-state index in [-0.39, 0.29) is 11.9 Å². The molecule has 0 saturated carbocycles. The first-order chi connectivity index (χ1) is 11.7. The summed E-state index contributed by atoms with van der Waals surface area (Å²) in [5.74, 6) is -0.0714. The van der Waals surface area contributed by atoms with Crippen molar-refractivity contribution < 1.29 is 9.53 Å². The maximum Gasteiger partial charge on any atom is 0.244 e. The molecule has 2 aromatic rings. The summed E-state index contributed by atoms with van der Waals surface area (Å²) in [6.07, 6.45) is 2.97. The largest absolute Gasteiger partial charge is 0.379 e. The molecule has 1 atom stereocenters. The number of nitrogens with one attached hydrogen (secondary N) is 1. The van der Waals surface area contributed by atoms with Gasteiger partial charge < -0.3 is 10.1 Å². The molecule has 0 bridgehead atoms. The van der Waals surface area contributed by atoms with Gasteiger partial charge in [-0.25, -0.2) is 9.67 Å². The number of rotatable bonds is 6. The Morgan fingerprint density at radius 1 is 1.25 bits per heavy atom. The molecule has 1 fully saturated rings. The van der Waals surface area contributed by atoms with Crippen LogP contribution in [0.3, 0.4) is 0 Å². The van der Waals surface area contributed by atoms with Gasteiger partial charge in [-0.05, 0) is 18.1 Å². The van der Waals surface area contributed by atoms with Crippen LogP contribution in [0.1, 0.15) is 24.1 Å². The summed E-state index contributed by atoms with van der Waals surface area (Å²) in [5, 5.41) is 6.92. The summed E-state index contributed by atoms with van der Waals surface area (Å²) < 4.78 is 6.91. The highest BCUT2D eigenvalue weighted by atomic mass is 16.5. The molecular weight excluding hydrogens is 306 g/mol. The normalized spacial score (nSPS) is 16.7. The number of benzene rings is 1. The topological polar surface area (TPSA) is 72.3 Å². The van der Waals surface area contributed by atoms with Crippen LogP contribution in [0.4, 0.5) is 0 Å². The first kappa shape index (κ1) is 16.6. The van der Waals surface area contributed by atoms with Crippen LogP contribution in [0, 0.1) is 0 Å². The van der Waals surface area contributed by atoms with Gasteiger partial charge in [0.15, 0.2) is 0 Å². The molecule has 1 unspecified atom stereocenters. The standard InChI is InChI=1S/C17H23N5O2/c1-14(22-13-18-12-20-22)17(23)19-10-15-2-4-16(5-3-15)11-21-6-8-24-9-7-21/h2-5,12-14H,6-11H2,1H3,(H,19,23). The Bertz CT molecular complexity index is 636. The Morgan fingerprint density at radius 3 is 2.62 bits per heavy atom. The summed E-state index contributed by atoms with van der Waals surface area (Å²) in [5.41, 5.74) is 2.36. The number of nitrogens with zero attached hydrogens (tertiary/aromatic N) is 4. The first-order valence-electron chi connectivity index (χ1n) is 8.22. The van der Waals surface area contributed by atoms with Crippen LogP contribution in [0.25, 0.3) is 0 Å². The number of carbonyl (C=O) groups is 1. The summed E-state index contributed by atoms with van der Waals surface area (Å²) in [7, 11) is 0. The molecule has 128 valence electrons. The Balaban J connectivity index is 1.48. The van der Waals surface area contributed by atoms with Crippen molar-refractivity contribution in [3.8, 4) is 0 Å². The van der Waals surface area contributed by atoms with Gasteiger partial charge in [-0.2, -0.15) is 5.10 Å². The number of hydrogen-bond acceptors (Lipinski definition) is 5. The third kappa shape index (κ3) is 4.39. The molecule has 1 aliphatic rings. The van der Waals surface area contributed by atoms with E-state index >= 15 is 0 Å².